The van der Waals surface area contributed by atoms with Crippen molar-refractivity contribution >= 4 is 54.3 Å². The van der Waals surface area contributed by atoms with Crippen molar-refractivity contribution in [2.75, 3.05) is 0 Å². The fourth-order valence-corrected chi connectivity index (χ4v) is 7.23. The Hall–Kier alpha value is -6.44. The molecule has 10 rings (SSSR count). The third-order valence-corrected chi connectivity index (χ3v) is 9.37. The predicted octanol–water partition coefficient (Wildman–Crippen LogP) is 13.7. The van der Waals surface area contributed by atoms with Crippen molar-refractivity contribution in [3.8, 4) is 44.5 Å². The second-order valence-corrected chi connectivity index (χ2v) is 12.1. The molecule has 0 N–H and O–H groups in total. The Kier molecular flexibility index (Phi) is 4.53. The Morgan fingerprint density at radius 1 is 0.388 bits per heavy atom. The lowest BCUT2D eigenvalue weighted by Crippen LogP contribution is -1.92. The third kappa shape index (κ3) is 4.40. The Labute approximate surface area is 297 Å². The van der Waals surface area contributed by atoms with Gasteiger partial charge in [-0.15, -0.1) is 0 Å². The summed E-state index contributed by atoms with van der Waals surface area (Å²) < 4.78 is 86.5. The summed E-state index contributed by atoms with van der Waals surface area (Å²) in [4.78, 5) is 0. The van der Waals surface area contributed by atoms with E-state index < -0.39 is 42.3 Å². The van der Waals surface area contributed by atoms with E-state index in [4.69, 9.17) is 14.0 Å². The van der Waals surface area contributed by atoms with Crippen molar-refractivity contribution in [2.24, 2.45) is 0 Å². The SMILES string of the molecule is [2H]c1c([2H])c(-c2c3ccccc3c(-c3cc(-c4ccccc4)cc(-c4ccccc4)c3)c3ccccc23)c2c(oc3c4c([2H])c([2H])c([2H])c([2H])c4c([2H])c([2H])c32)c1[2H]. The highest BCUT2D eigenvalue weighted by atomic mass is 16.3. The maximum absolute atomic E-state index is 9.53. The molecule has 9 aromatic carbocycles. The van der Waals surface area contributed by atoms with E-state index in [0.717, 1.165) is 54.9 Å². The molecule has 0 aliphatic heterocycles. The molecular formula is C48H30O. The van der Waals surface area contributed by atoms with E-state index in [9.17, 15) is 2.74 Å². The summed E-state index contributed by atoms with van der Waals surface area (Å²) in [7, 11) is 0. The van der Waals surface area contributed by atoms with Gasteiger partial charge >= 0.3 is 0 Å². The Morgan fingerprint density at radius 3 is 1.57 bits per heavy atom. The lowest BCUT2D eigenvalue weighted by atomic mass is 9.83. The Bertz CT molecular complexity index is 3260. The van der Waals surface area contributed by atoms with Crippen molar-refractivity contribution in [2.45, 2.75) is 0 Å². The smallest absolute Gasteiger partial charge is 0.143 e. The molecule has 0 saturated heterocycles. The van der Waals surface area contributed by atoms with Gasteiger partial charge in [-0.3, -0.25) is 0 Å². The molecule has 0 aliphatic carbocycles. The molecule has 0 saturated carbocycles. The van der Waals surface area contributed by atoms with Crippen molar-refractivity contribution in [1.29, 1.82) is 0 Å². The summed E-state index contributed by atoms with van der Waals surface area (Å²) in [6.45, 7) is 0. The van der Waals surface area contributed by atoms with Crippen LogP contribution in [0.1, 0.15) is 12.3 Å². The van der Waals surface area contributed by atoms with E-state index in [1.807, 2.05) is 84.9 Å². The quantitative estimate of drug-likeness (QED) is 0.176. The first-order chi connectivity index (χ1) is 28.1. The third-order valence-electron chi connectivity index (χ3n) is 9.37. The molecule has 0 fully saturated rings. The molecule has 0 radical (unpaired) electrons. The number of fused-ring (bicyclic) bond motifs is 7. The zero-order valence-corrected chi connectivity index (χ0v) is 26.0. The fraction of sp³-hybridized carbons (Fsp3) is 0. The average molecular weight is 632 g/mol. The molecule has 1 nitrogen and oxygen atoms in total. The number of hydrogen-bond donors (Lipinski definition) is 0. The molecule has 1 heterocycles. The second-order valence-electron chi connectivity index (χ2n) is 12.1. The van der Waals surface area contributed by atoms with E-state index in [0.29, 0.717) is 5.56 Å². The van der Waals surface area contributed by atoms with Crippen LogP contribution < -0.4 is 0 Å². The van der Waals surface area contributed by atoms with E-state index >= 15 is 0 Å². The van der Waals surface area contributed by atoms with Gasteiger partial charge in [-0.1, -0.05) is 151 Å². The van der Waals surface area contributed by atoms with Crippen LogP contribution in [0.3, 0.4) is 0 Å². The first-order valence-corrected chi connectivity index (χ1v) is 16.1. The largest absolute Gasteiger partial charge is 0.455 e. The van der Waals surface area contributed by atoms with Gasteiger partial charge in [-0.25, -0.2) is 0 Å². The topological polar surface area (TPSA) is 13.1 Å². The van der Waals surface area contributed by atoms with Gasteiger partial charge in [0.05, 0.1) is 12.3 Å². The maximum Gasteiger partial charge on any atom is 0.143 e. The summed E-state index contributed by atoms with van der Waals surface area (Å²) in [5.41, 5.74) is 6.79. The summed E-state index contributed by atoms with van der Waals surface area (Å²) >= 11 is 0. The number of hydrogen-bond acceptors (Lipinski definition) is 1. The van der Waals surface area contributed by atoms with Gasteiger partial charge in [0.2, 0.25) is 0 Å². The van der Waals surface area contributed by atoms with E-state index in [-0.39, 0.29) is 50.4 Å². The van der Waals surface area contributed by atoms with Gasteiger partial charge in [0.1, 0.15) is 11.2 Å². The van der Waals surface area contributed by atoms with Crippen LogP contribution in [0.2, 0.25) is 0 Å². The lowest BCUT2D eigenvalue weighted by molar-refractivity contribution is 0.673. The van der Waals surface area contributed by atoms with Gasteiger partial charge in [0.25, 0.3) is 0 Å². The highest BCUT2D eigenvalue weighted by Crippen LogP contribution is 2.48. The minimum atomic E-state index is -0.534. The molecular weight excluding hydrogens is 593 g/mol. The van der Waals surface area contributed by atoms with E-state index in [2.05, 4.69) is 42.5 Å². The molecule has 0 amide bonds. The normalized spacial score (nSPS) is 14.2. The molecule has 0 aliphatic rings. The van der Waals surface area contributed by atoms with E-state index in [1.165, 1.54) is 0 Å². The van der Waals surface area contributed by atoms with Crippen molar-refractivity contribution in [1.82, 2.24) is 0 Å². The minimum absolute atomic E-state index is 0.0508. The average Bonchev–Trinajstić information content (AvgIpc) is 3.66. The van der Waals surface area contributed by atoms with Crippen molar-refractivity contribution in [3.05, 3.63) is 182 Å². The summed E-state index contributed by atoms with van der Waals surface area (Å²) in [5.74, 6) is 0. The van der Waals surface area contributed by atoms with Gasteiger partial charge in [0, 0.05) is 16.2 Å². The predicted molar refractivity (Wildman–Crippen MR) is 208 cm³/mol. The first kappa shape index (κ1) is 20.0. The Morgan fingerprint density at radius 2 is 0.939 bits per heavy atom. The molecule has 228 valence electrons. The molecule has 0 unspecified atom stereocenters. The highest BCUT2D eigenvalue weighted by molar-refractivity contribution is 6.27. The summed E-state index contributed by atoms with van der Waals surface area (Å²) in [6, 6.07) is 39.0. The monoisotopic (exact) mass is 631 g/mol. The van der Waals surface area contributed by atoms with Gasteiger partial charge < -0.3 is 4.42 Å². The molecule has 0 bridgehead atoms. The van der Waals surface area contributed by atoms with Crippen LogP contribution >= 0.6 is 0 Å². The van der Waals surface area contributed by atoms with Crippen LogP contribution in [0.4, 0.5) is 0 Å². The van der Waals surface area contributed by atoms with Gasteiger partial charge in [-0.2, -0.15) is 0 Å². The second kappa shape index (κ2) is 11.1. The molecule has 1 aromatic heterocycles. The molecule has 1 heteroatoms. The van der Waals surface area contributed by atoms with Crippen LogP contribution in [0.15, 0.2) is 186 Å². The summed E-state index contributed by atoms with van der Waals surface area (Å²) in [6.07, 6.45) is 0. The van der Waals surface area contributed by atoms with E-state index in [1.54, 1.807) is 0 Å². The molecule has 10 aromatic rings. The zero-order chi connectivity index (χ0) is 40.1. The van der Waals surface area contributed by atoms with Crippen LogP contribution in [-0.4, -0.2) is 0 Å². The van der Waals surface area contributed by atoms with Gasteiger partial charge in [0.15, 0.2) is 0 Å². The number of benzene rings is 9. The Balaban J connectivity index is 1.38. The van der Waals surface area contributed by atoms with Crippen LogP contribution in [0.25, 0.3) is 98.8 Å². The summed E-state index contributed by atoms with van der Waals surface area (Å²) in [5, 5.41) is 3.22. The first-order valence-electron chi connectivity index (χ1n) is 20.6. The number of rotatable bonds is 4. The fourth-order valence-electron chi connectivity index (χ4n) is 7.23. The minimum Gasteiger partial charge on any atom is -0.455 e. The van der Waals surface area contributed by atoms with Crippen molar-refractivity contribution < 1.29 is 16.8 Å². The standard InChI is InChI=1S/C48H30O/c1-3-14-31(15-4-1)34-28-35(32-16-5-2-6-17-32)30-36(29-34)45-38-20-9-11-22-40(38)46(41-23-12-10-21-39(41)45)42-24-13-25-44-47(42)43-27-26-33-18-7-8-19-37(33)48(43)49-44/h1-30H/i7D,8D,13D,18D,19D,24D,25D,26D,27D. The lowest BCUT2D eigenvalue weighted by Gasteiger charge is -2.19. The van der Waals surface area contributed by atoms with Crippen LogP contribution in [0, 0.1) is 0 Å². The van der Waals surface area contributed by atoms with Crippen LogP contribution in [-0.2, 0) is 0 Å². The van der Waals surface area contributed by atoms with Crippen LogP contribution in [0.5, 0.6) is 0 Å². The molecule has 0 spiro atoms. The molecule has 49 heavy (non-hydrogen) atoms. The highest BCUT2D eigenvalue weighted by Gasteiger charge is 2.21. The van der Waals surface area contributed by atoms with Gasteiger partial charge in [-0.05, 0) is 102 Å². The maximum atomic E-state index is 9.53. The zero-order valence-electron chi connectivity index (χ0n) is 35.0. The van der Waals surface area contributed by atoms with Crippen molar-refractivity contribution in [3.63, 3.8) is 0 Å². The number of furan rings is 1. The molecule has 0 atom stereocenters.